The highest BCUT2D eigenvalue weighted by atomic mass is 35.5. The number of rotatable bonds is 5. The van der Waals surface area contributed by atoms with Crippen molar-refractivity contribution in [2.24, 2.45) is 5.92 Å². The molecule has 2 aliphatic rings. The van der Waals surface area contributed by atoms with Gasteiger partial charge in [-0.05, 0) is 56.4 Å². The molecule has 0 aromatic heterocycles. The van der Waals surface area contributed by atoms with E-state index < -0.39 is 0 Å². The van der Waals surface area contributed by atoms with Crippen LogP contribution in [0.25, 0.3) is 0 Å². The lowest BCUT2D eigenvalue weighted by molar-refractivity contribution is -0.122. The van der Waals surface area contributed by atoms with Gasteiger partial charge in [-0.15, -0.1) is 0 Å². The standard InChI is InChI=1S/C16H19ClN2O2/c1-9(18-15(20)10-2-3-10)13-8-11(4-7-14(13)17)16(21)19-12-5-6-12/h4,7-10,12H,2-3,5-6H2,1H3,(H,18,20)(H,19,21). The summed E-state index contributed by atoms with van der Waals surface area (Å²) < 4.78 is 0. The van der Waals surface area contributed by atoms with Gasteiger partial charge in [0.2, 0.25) is 5.91 Å². The quantitative estimate of drug-likeness (QED) is 0.879. The fourth-order valence-corrected chi connectivity index (χ4v) is 2.55. The molecule has 0 spiro atoms. The van der Waals surface area contributed by atoms with Crippen LogP contribution in [0.1, 0.15) is 54.6 Å². The predicted molar refractivity (Wildman–Crippen MR) is 81.2 cm³/mol. The zero-order valence-corrected chi connectivity index (χ0v) is 12.7. The first-order valence-corrected chi connectivity index (χ1v) is 7.83. The van der Waals surface area contributed by atoms with Crippen LogP contribution in [0.2, 0.25) is 5.02 Å². The minimum atomic E-state index is -0.195. The molecular weight excluding hydrogens is 288 g/mol. The van der Waals surface area contributed by atoms with Crippen molar-refractivity contribution in [3.8, 4) is 0 Å². The van der Waals surface area contributed by atoms with Crippen LogP contribution in [-0.2, 0) is 4.79 Å². The van der Waals surface area contributed by atoms with Crippen molar-refractivity contribution in [3.63, 3.8) is 0 Å². The highest BCUT2D eigenvalue weighted by molar-refractivity contribution is 6.31. The van der Waals surface area contributed by atoms with Crippen LogP contribution in [-0.4, -0.2) is 17.9 Å². The topological polar surface area (TPSA) is 58.2 Å². The maximum atomic E-state index is 12.1. The van der Waals surface area contributed by atoms with Gasteiger partial charge in [-0.25, -0.2) is 0 Å². The molecule has 0 bridgehead atoms. The van der Waals surface area contributed by atoms with E-state index in [0.717, 1.165) is 31.2 Å². The van der Waals surface area contributed by atoms with Crippen molar-refractivity contribution in [1.29, 1.82) is 0 Å². The summed E-state index contributed by atoms with van der Waals surface area (Å²) in [6.07, 6.45) is 4.05. The Hall–Kier alpha value is -1.55. The fraction of sp³-hybridized carbons (Fsp3) is 0.500. The van der Waals surface area contributed by atoms with Gasteiger partial charge in [0.05, 0.1) is 6.04 Å². The van der Waals surface area contributed by atoms with Crippen molar-refractivity contribution in [2.75, 3.05) is 0 Å². The minimum Gasteiger partial charge on any atom is -0.349 e. The summed E-state index contributed by atoms with van der Waals surface area (Å²) >= 11 is 6.21. The van der Waals surface area contributed by atoms with Gasteiger partial charge < -0.3 is 10.6 Å². The molecule has 2 fully saturated rings. The van der Waals surface area contributed by atoms with Gasteiger partial charge in [0.25, 0.3) is 5.91 Å². The maximum absolute atomic E-state index is 12.1. The lowest BCUT2D eigenvalue weighted by atomic mass is 10.0. The second kappa shape index (κ2) is 5.68. The lowest BCUT2D eigenvalue weighted by Crippen LogP contribution is -2.29. The third-order valence-electron chi connectivity index (χ3n) is 3.94. The van der Waals surface area contributed by atoms with E-state index >= 15 is 0 Å². The first-order valence-electron chi connectivity index (χ1n) is 7.45. The summed E-state index contributed by atoms with van der Waals surface area (Å²) in [7, 11) is 0. The number of nitrogens with one attached hydrogen (secondary N) is 2. The molecule has 1 atom stereocenters. The highest BCUT2D eigenvalue weighted by Crippen LogP contribution is 2.31. The van der Waals surface area contributed by atoms with Gasteiger partial charge in [0.1, 0.15) is 0 Å². The normalized spacial score (nSPS) is 19.0. The zero-order valence-electron chi connectivity index (χ0n) is 12.0. The molecule has 0 heterocycles. The number of halogens is 1. The molecule has 2 aliphatic carbocycles. The van der Waals surface area contributed by atoms with E-state index in [4.69, 9.17) is 11.6 Å². The average molecular weight is 307 g/mol. The van der Waals surface area contributed by atoms with Crippen LogP contribution in [0.15, 0.2) is 18.2 Å². The number of carbonyl (C=O) groups is 2. The smallest absolute Gasteiger partial charge is 0.251 e. The summed E-state index contributed by atoms with van der Waals surface area (Å²) in [6, 6.07) is 5.35. The molecule has 2 N–H and O–H groups in total. The van der Waals surface area contributed by atoms with Crippen LogP contribution in [0.5, 0.6) is 0 Å². The molecule has 2 amide bonds. The third-order valence-corrected chi connectivity index (χ3v) is 4.29. The summed E-state index contributed by atoms with van der Waals surface area (Å²) in [5, 5.41) is 6.49. The highest BCUT2D eigenvalue weighted by Gasteiger charge is 2.31. The van der Waals surface area contributed by atoms with E-state index in [9.17, 15) is 9.59 Å². The van der Waals surface area contributed by atoms with Crippen LogP contribution in [0, 0.1) is 5.92 Å². The Balaban J connectivity index is 1.72. The first kappa shape index (κ1) is 14.4. The Morgan fingerprint density at radius 3 is 2.57 bits per heavy atom. The van der Waals surface area contributed by atoms with Gasteiger partial charge in [0, 0.05) is 22.5 Å². The second-order valence-corrected chi connectivity index (χ2v) is 6.40. The fourth-order valence-electron chi connectivity index (χ4n) is 2.27. The number of carbonyl (C=O) groups excluding carboxylic acids is 2. The molecule has 3 rings (SSSR count). The third kappa shape index (κ3) is 3.56. The molecule has 2 saturated carbocycles. The number of hydrogen-bond acceptors (Lipinski definition) is 2. The van der Waals surface area contributed by atoms with E-state index in [-0.39, 0.29) is 23.8 Å². The number of benzene rings is 1. The van der Waals surface area contributed by atoms with Gasteiger partial charge in [-0.1, -0.05) is 11.6 Å². The lowest BCUT2D eigenvalue weighted by Gasteiger charge is -2.17. The molecule has 1 unspecified atom stereocenters. The molecule has 21 heavy (non-hydrogen) atoms. The van der Waals surface area contributed by atoms with Gasteiger partial charge >= 0.3 is 0 Å². The Morgan fingerprint density at radius 2 is 1.95 bits per heavy atom. The molecule has 1 aromatic carbocycles. The molecule has 0 saturated heterocycles. The Bertz CT molecular complexity index is 580. The van der Waals surface area contributed by atoms with Crippen molar-refractivity contribution in [1.82, 2.24) is 10.6 Å². The van der Waals surface area contributed by atoms with Gasteiger partial charge in [0.15, 0.2) is 0 Å². The van der Waals surface area contributed by atoms with Crippen LogP contribution >= 0.6 is 11.6 Å². The van der Waals surface area contributed by atoms with Crippen molar-refractivity contribution in [2.45, 2.75) is 44.7 Å². The number of hydrogen-bond donors (Lipinski definition) is 2. The Morgan fingerprint density at radius 1 is 1.24 bits per heavy atom. The zero-order chi connectivity index (χ0) is 15.0. The van der Waals surface area contributed by atoms with E-state index in [1.807, 2.05) is 6.92 Å². The minimum absolute atomic E-state index is 0.0730. The summed E-state index contributed by atoms with van der Waals surface area (Å²) in [4.78, 5) is 23.9. The van der Waals surface area contributed by atoms with Crippen LogP contribution < -0.4 is 10.6 Å². The van der Waals surface area contributed by atoms with Gasteiger partial charge in [-0.2, -0.15) is 0 Å². The van der Waals surface area contributed by atoms with Crippen molar-refractivity contribution in [3.05, 3.63) is 34.3 Å². The van der Waals surface area contributed by atoms with Crippen LogP contribution in [0.4, 0.5) is 0 Å². The molecule has 5 heteroatoms. The van der Waals surface area contributed by atoms with Gasteiger partial charge in [-0.3, -0.25) is 9.59 Å². The molecule has 4 nitrogen and oxygen atoms in total. The van der Waals surface area contributed by atoms with E-state index in [0.29, 0.717) is 16.6 Å². The Kier molecular flexibility index (Phi) is 3.89. The SMILES string of the molecule is CC(NC(=O)C1CC1)c1cc(C(=O)NC2CC2)ccc1Cl. The molecular formula is C16H19ClN2O2. The average Bonchev–Trinajstić information content (AvgIpc) is 3.32. The summed E-state index contributed by atoms with van der Waals surface area (Å²) in [6.45, 7) is 1.89. The van der Waals surface area contributed by atoms with Crippen molar-refractivity contribution < 1.29 is 9.59 Å². The monoisotopic (exact) mass is 306 g/mol. The molecule has 1 aromatic rings. The van der Waals surface area contributed by atoms with E-state index in [1.165, 1.54) is 0 Å². The predicted octanol–water partition coefficient (Wildman–Crippen LogP) is 2.82. The summed E-state index contributed by atoms with van der Waals surface area (Å²) in [5.74, 6) is 0.162. The summed E-state index contributed by atoms with van der Waals surface area (Å²) in [5.41, 5.74) is 1.38. The first-order chi connectivity index (χ1) is 10.0. The Labute approximate surface area is 129 Å². The molecule has 0 aliphatic heterocycles. The largest absolute Gasteiger partial charge is 0.349 e. The van der Waals surface area contributed by atoms with E-state index in [2.05, 4.69) is 10.6 Å². The van der Waals surface area contributed by atoms with Crippen LogP contribution in [0.3, 0.4) is 0 Å². The molecule has 0 radical (unpaired) electrons. The molecule has 112 valence electrons. The number of amides is 2. The van der Waals surface area contributed by atoms with Crippen molar-refractivity contribution >= 4 is 23.4 Å². The maximum Gasteiger partial charge on any atom is 0.251 e. The second-order valence-electron chi connectivity index (χ2n) is 5.99. The van der Waals surface area contributed by atoms with E-state index in [1.54, 1.807) is 18.2 Å².